The SMILES string of the molecule is CC[C@@](O)(c1cc(F)c2c(c1)C(=O)N(Cc1ccc(Cl)cc1CC(=O)[O-])[C@@]2(OC)c1ccc(Cl)cc1)C1CCOCC1. The van der Waals surface area contributed by atoms with Gasteiger partial charge >= 0.3 is 0 Å². The number of aliphatic hydroxyl groups is 1. The summed E-state index contributed by atoms with van der Waals surface area (Å²) < 4.78 is 28.1. The number of carbonyl (C=O) groups is 2. The number of hydrogen-bond donors (Lipinski definition) is 1. The molecule has 0 saturated carbocycles. The van der Waals surface area contributed by atoms with Crippen LogP contribution in [0, 0.1) is 11.7 Å². The molecule has 0 aliphatic carbocycles. The van der Waals surface area contributed by atoms with Crippen molar-refractivity contribution < 1.29 is 33.7 Å². The van der Waals surface area contributed by atoms with E-state index >= 15 is 4.39 Å². The van der Waals surface area contributed by atoms with E-state index < -0.39 is 35.4 Å². The minimum Gasteiger partial charge on any atom is -0.550 e. The Morgan fingerprint density at radius 2 is 1.79 bits per heavy atom. The molecule has 3 aromatic carbocycles. The molecule has 0 unspecified atom stereocenters. The third-order valence-electron chi connectivity index (χ3n) is 8.58. The molecule has 5 rings (SSSR count). The molecule has 1 N–H and O–H groups in total. The summed E-state index contributed by atoms with van der Waals surface area (Å²) in [5, 5.41) is 24.2. The van der Waals surface area contributed by atoms with Gasteiger partial charge in [-0.05, 0) is 78.3 Å². The standard InChI is InChI=1S/C32H32Cl2FNO6/c1-3-31(40,21-10-12-42-13-11-21)23-16-26-29(27(35)17-23)32(41-2,22-5-8-24(33)9-6-22)36(30(26)39)18-19-4-7-25(34)14-20(19)15-28(37)38/h4-9,14,16-17,21,40H,3,10-13,15,18H2,1-2H3,(H,37,38)/p-1/t31-,32+/m0/s1. The van der Waals surface area contributed by atoms with E-state index in [2.05, 4.69) is 0 Å². The molecular weight excluding hydrogens is 584 g/mol. The number of rotatable bonds is 9. The Morgan fingerprint density at radius 1 is 1.12 bits per heavy atom. The zero-order valence-corrected chi connectivity index (χ0v) is 24.8. The number of carbonyl (C=O) groups excluding carboxylic acids is 2. The van der Waals surface area contributed by atoms with Crippen molar-refractivity contribution in [2.75, 3.05) is 20.3 Å². The Balaban J connectivity index is 1.70. The van der Waals surface area contributed by atoms with Crippen LogP contribution in [0.3, 0.4) is 0 Å². The van der Waals surface area contributed by atoms with Crippen LogP contribution in [0.25, 0.3) is 0 Å². The first-order valence-corrected chi connectivity index (χ1v) is 14.6. The average molecular weight is 616 g/mol. The monoisotopic (exact) mass is 614 g/mol. The highest BCUT2D eigenvalue weighted by Crippen LogP contribution is 2.49. The fraction of sp³-hybridized carbons (Fsp3) is 0.375. The number of hydrogen-bond acceptors (Lipinski definition) is 6. The van der Waals surface area contributed by atoms with Gasteiger partial charge in [0.2, 0.25) is 0 Å². The van der Waals surface area contributed by atoms with Gasteiger partial charge in [0.1, 0.15) is 5.82 Å². The number of halogens is 3. The van der Waals surface area contributed by atoms with Gasteiger partial charge in [0.05, 0.1) is 16.7 Å². The Hall–Kier alpha value is -3.01. The second kappa shape index (κ2) is 11.9. The normalized spacial score (nSPS) is 20.4. The second-order valence-corrected chi connectivity index (χ2v) is 11.6. The highest BCUT2D eigenvalue weighted by Gasteiger charge is 2.54. The van der Waals surface area contributed by atoms with Gasteiger partial charge in [0, 0.05) is 54.9 Å². The number of carboxylic acids is 1. The van der Waals surface area contributed by atoms with Crippen molar-refractivity contribution in [3.05, 3.63) is 104 Å². The Kier molecular flexibility index (Phi) is 8.65. The lowest BCUT2D eigenvalue weighted by atomic mass is 9.74. The van der Waals surface area contributed by atoms with E-state index in [-0.39, 0.29) is 23.6 Å². The van der Waals surface area contributed by atoms with E-state index in [9.17, 15) is 19.8 Å². The second-order valence-electron chi connectivity index (χ2n) is 10.8. The quantitative estimate of drug-likeness (QED) is 0.366. The van der Waals surface area contributed by atoms with Gasteiger partial charge < -0.3 is 24.5 Å². The summed E-state index contributed by atoms with van der Waals surface area (Å²) in [4.78, 5) is 27.2. The first-order valence-electron chi connectivity index (χ1n) is 13.8. The van der Waals surface area contributed by atoms with E-state index in [1.165, 1.54) is 24.1 Å². The summed E-state index contributed by atoms with van der Waals surface area (Å²) in [6, 6.07) is 14.1. The minimum atomic E-state index is -1.72. The van der Waals surface area contributed by atoms with E-state index in [4.69, 9.17) is 32.7 Å². The Bertz CT molecular complexity index is 1510. The number of nitrogens with zero attached hydrogens (tertiary/aromatic N) is 1. The van der Waals surface area contributed by atoms with Crippen molar-refractivity contribution in [2.45, 2.75) is 50.5 Å². The van der Waals surface area contributed by atoms with Crippen LogP contribution in [0.15, 0.2) is 54.6 Å². The maximum Gasteiger partial charge on any atom is 0.257 e. The number of aliphatic carboxylic acids is 1. The van der Waals surface area contributed by atoms with Crippen molar-refractivity contribution >= 4 is 35.1 Å². The third-order valence-corrected chi connectivity index (χ3v) is 9.07. The molecule has 3 aromatic rings. The van der Waals surface area contributed by atoms with E-state index in [0.29, 0.717) is 64.8 Å². The number of amides is 1. The summed E-state index contributed by atoms with van der Waals surface area (Å²) in [7, 11) is 1.38. The van der Waals surface area contributed by atoms with Crippen LogP contribution in [0.1, 0.15) is 64.4 Å². The van der Waals surface area contributed by atoms with Crippen LogP contribution in [-0.2, 0) is 38.6 Å². The number of methoxy groups -OCH3 is 1. The Labute approximate surface area is 253 Å². The maximum absolute atomic E-state index is 16.5. The summed E-state index contributed by atoms with van der Waals surface area (Å²) in [5.74, 6) is -2.73. The minimum absolute atomic E-state index is 0.00178. The third kappa shape index (κ3) is 5.20. The van der Waals surface area contributed by atoms with Crippen LogP contribution in [-0.4, -0.2) is 42.2 Å². The fourth-order valence-corrected chi connectivity index (χ4v) is 6.75. The molecule has 0 spiro atoms. The molecule has 2 heterocycles. The molecule has 7 nitrogen and oxygen atoms in total. The lowest BCUT2D eigenvalue weighted by Crippen LogP contribution is -2.46. The lowest BCUT2D eigenvalue weighted by Gasteiger charge is -2.39. The van der Waals surface area contributed by atoms with Crippen molar-refractivity contribution in [3.8, 4) is 0 Å². The predicted molar refractivity (Wildman–Crippen MR) is 153 cm³/mol. The molecule has 10 heteroatoms. The van der Waals surface area contributed by atoms with Crippen LogP contribution in [0.2, 0.25) is 10.0 Å². The van der Waals surface area contributed by atoms with Gasteiger partial charge in [-0.2, -0.15) is 0 Å². The van der Waals surface area contributed by atoms with Gasteiger partial charge in [-0.3, -0.25) is 9.69 Å². The van der Waals surface area contributed by atoms with Crippen molar-refractivity contribution in [3.63, 3.8) is 0 Å². The van der Waals surface area contributed by atoms with Gasteiger partial charge in [0.15, 0.2) is 5.72 Å². The molecule has 0 aromatic heterocycles. The van der Waals surface area contributed by atoms with Crippen LogP contribution in [0.4, 0.5) is 4.39 Å². The first kappa shape index (κ1) is 30.4. The van der Waals surface area contributed by atoms with Gasteiger partial charge in [-0.15, -0.1) is 0 Å². The molecule has 0 radical (unpaired) electrons. The number of benzene rings is 3. The largest absolute Gasteiger partial charge is 0.550 e. The highest BCUT2D eigenvalue weighted by atomic mass is 35.5. The molecule has 2 aliphatic heterocycles. The highest BCUT2D eigenvalue weighted by molar-refractivity contribution is 6.30. The molecule has 1 amide bonds. The molecule has 0 bridgehead atoms. The summed E-state index contributed by atoms with van der Waals surface area (Å²) >= 11 is 12.3. The van der Waals surface area contributed by atoms with E-state index in [1.54, 1.807) is 42.5 Å². The zero-order chi connectivity index (χ0) is 30.2. The van der Waals surface area contributed by atoms with Gasteiger partial charge in [-0.1, -0.05) is 48.3 Å². The van der Waals surface area contributed by atoms with Crippen molar-refractivity contribution in [1.82, 2.24) is 4.90 Å². The van der Waals surface area contributed by atoms with Crippen molar-refractivity contribution in [1.29, 1.82) is 0 Å². The number of fused-ring (bicyclic) bond motifs is 1. The van der Waals surface area contributed by atoms with E-state index in [0.717, 1.165) is 0 Å². The average Bonchev–Trinajstić information content (AvgIpc) is 3.22. The first-order chi connectivity index (χ1) is 20.0. The summed E-state index contributed by atoms with van der Waals surface area (Å²) in [6.45, 7) is 2.69. The fourth-order valence-electron chi connectivity index (χ4n) is 6.43. The predicted octanol–water partition coefficient (Wildman–Crippen LogP) is 4.95. The zero-order valence-electron chi connectivity index (χ0n) is 23.3. The van der Waals surface area contributed by atoms with Crippen molar-refractivity contribution in [2.24, 2.45) is 5.92 Å². The molecule has 42 heavy (non-hydrogen) atoms. The smallest absolute Gasteiger partial charge is 0.257 e. The summed E-state index contributed by atoms with van der Waals surface area (Å²) in [6.07, 6.45) is 1.10. The van der Waals surface area contributed by atoms with Gasteiger partial charge in [-0.25, -0.2) is 4.39 Å². The molecule has 1 saturated heterocycles. The number of carboxylic acid groups (broad SMARTS) is 1. The topological polar surface area (TPSA) is 99.1 Å². The van der Waals surface area contributed by atoms with Gasteiger partial charge in [0.25, 0.3) is 5.91 Å². The molecule has 2 aliphatic rings. The maximum atomic E-state index is 16.5. The van der Waals surface area contributed by atoms with Crippen LogP contribution in [0.5, 0.6) is 0 Å². The number of ether oxygens (including phenoxy) is 2. The molecular formula is C32H31Cl2FNO6-. The van der Waals surface area contributed by atoms with Crippen LogP contribution >= 0.6 is 23.2 Å². The molecule has 1 fully saturated rings. The summed E-state index contributed by atoms with van der Waals surface area (Å²) in [5.41, 5.74) is -1.45. The van der Waals surface area contributed by atoms with Crippen LogP contribution < -0.4 is 5.11 Å². The Morgan fingerprint density at radius 3 is 2.40 bits per heavy atom. The molecule has 222 valence electrons. The molecule has 2 atom stereocenters. The van der Waals surface area contributed by atoms with E-state index in [1.807, 2.05) is 6.92 Å². The lowest BCUT2D eigenvalue weighted by molar-refractivity contribution is -0.304.